The fourth-order valence-electron chi connectivity index (χ4n) is 2.63. The summed E-state index contributed by atoms with van der Waals surface area (Å²) in [5.41, 5.74) is 1.83. The van der Waals surface area contributed by atoms with Crippen molar-refractivity contribution >= 4 is 44.9 Å². The Morgan fingerprint density at radius 2 is 1.76 bits per heavy atom. The zero-order valence-corrected chi connectivity index (χ0v) is 18.2. The number of carbonyl (C=O) groups excluding carboxylic acids is 2. The summed E-state index contributed by atoms with van der Waals surface area (Å²) in [6, 6.07) is 11.3. The van der Waals surface area contributed by atoms with E-state index in [1.807, 2.05) is 26.0 Å². The van der Waals surface area contributed by atoms with Crippen molar-refractivity contribution < 1.29 is 22.7 Å². The monoisotopic (exact) mass is 438 g/mol. The first-order valence-corrected chi connectivity index (χ1v) is 11.0. The molecule has 0 aliphatic heterocycles. The minimum atomic E-state index is -3.69. The van der Waals surface area contributed by atoms with Crippen LogP contribution in [0.1, 0.15) is 35.7 Å². The predicted molar refractivity (Wildman–Crippen MR) is 114 cm³/mol. The van der Waals surface area contributed by atoms with Crippen molar-refractivity contribution in [1.29, 1.82) is 0 Å². The number of amides is 1. The lowest BCUT2D eigenvalue weighted by Gasteiger charge is -2.22. The summed E-state index contributed by atoms with van der Waals surface area (Å²) < 4.78 is 30.1. The summed E-state index contributed by atoms with van der Waals surface area (Å²) in [4.78, 5) is 24.2. The molecular formula is C20H23ClN2O5S. The number of benzene rings is 2. The molecule has 0 atom stereocenters. The van der Waals surface area contributed by atoms with E-state index in [-0.39, 0.29) is 10.6 Å². The number of nitrogens with zero attached hydrogens (tertiary/aromatic N) is 1. The minimum Gasteiger partial charge on any atom is -0.465 e. The molecule has 0 spiro atoms. The smallest absolute Gasteiger partial charge is 0.339 e. The molecule has 9 heteroatoms. The van der Waals surface area contributed by atoms with E-state index in [1.165, 1.54) is 25.3 Å². The van der Waals surface area contributed by atoms with E-state index in [1.54, 1.807) is 12.1 Å². The largest absolute Gasteiger partial charge is 0.465 e. The average molecular weight is 439 g/mol. The molecule has 0 bridgehead atoms. The van der Waals surface area contributed by atoms with E-state index >= 15 is 0 Å². The summed E-state index contributed by atoms with van der Waals surface area (Å²) in [6.07, 6.45) is 1.04. The maximum atomic E-state index is 12.5. The molecule has 0 aliphatic rings. The van der Waals surface area contributed by atoms with E-state index in [2.05, 4.69) is 10.1 Å². The molecule has 0 aliphatic carbocycles. The summed E-state index contributed by atoms with van der Waals surface area (Å²) in [5, 5.41) is 2.76. The number of esters is 1. The Hall–Kier alpha value is -2.58. The molecule has 0 unspecified atom stereocenters. The number of hydrogen-bond donors (Lipinski definition) is 1. The zero-order valence-electron chi connectivity index (χ0n) is 16.6. The number of halogens is 1. The second kappa shape index (κ2) is 9.28. The molecule has 0 heterocycles. The average Bonchev–Trinajstić information content (AvgIpc) is 2.66. The highest BCUT2D eigenvalue weighted by molar-refractivity contribution is 7.92. The number of carbonyl (C=O) groups is 2. The minimum absolute atomic E-state index is 0.0937. The van der Waals surface area contributed by atoms with Gasteiger partial charge in [-0.15, -0.1) is 0 Å². The van der Waals surface area contributed by atoms with E-state index in [4.69, 9.17) is 11.6 Å². The lowest BCUT2D eigenvalue weighted by Crippen LogP contribution is -2.37. The van der Waals surface area contributed by atoms with Gasteiger partial charge in [0.05, 0.1) is 29.6 Å². The molecule has 7 nitrogen and oxygen atoms in total. The molecule has 0 saturated heterocycles. The first-order valence-electron chi connectivity index (χ1n) is 8.78. The second-order valence-electron chi connectivity index (χ2n) is 6.75. The first-order chi connectivity index (χ1) is 13.5. The number of methoxy groups -OCH3 is 1. The number of sulfonamides is 1. The van der Waals surface area contributed by atoms with Gasteiger partial charge >= 0.3 is 5.97 Å². The van der Waals surface area contributed by atoms with Crippen LogP contribution in [-0.2, 0) is 19.6 Å². The van der Waals surface area contributed by atoms with Crippen molar-refractivity contribution in [1.82, 2.24) is 0 Å². The highest BCUT2D eigenvalue weighted by Gasteiger charge is 2.21. The van der Waals surface area contributed by atoms with Gasteiger partial charge in [-0.1, -0.05) is 37.6 Å². The van der Waals surface area contributed by atoms with Crippen molar-refractivity contribution in [3.63, 3.8) is 0 Å². The van der Waals surface area contributed by atoms with Crippen LogP contribution in [0.5, 0.6) is 0 Å². The third kappa shape index (κ3) is 5.95. The Kier molecular flexibility index (Phi) is 7.26. The molecule has 156 valence electrons. The maximum Gasteiger partial charge on any atom is 0.339 e. The molecule has 2 rings (SSSR count). The number of anilines is 2. The van der Waals surface area contributed by atoms with Gasteiger partial charge in [0.25, 0.3) is 0 Å². The normalized spacial score (nSPS) is 11.2. The van der Waals surface area contributed by atoms with Crippen LogP contribution in [0.25, 0.3) is 0 Å². The summed E-state index contributed by atoms with van der Waals surface area (Å²) in [5.74, 6) is -0.913. The molecular weight excluding hydrogens is 416 g/mol. The van der Waals surface area contributed by atoms with Crippen LogP contribution in [0, 0.1) is 0 Å². The molecule has 0 aromatic heterocycles. The van der Waals surface area contributed by atoms with Crippen molar-refractivity contribution in [3.8, 4) is 0 Å². The summed E-state index contributed by atoms with van der Waals surface area (Å²) in [7, 11) is -2.47. The van der Waals surface area contributed by atoms with Crippen LogP contribution >= 0.6 is 11.6 Å². The second-order valence-corrected chi connectivity index (χ2v) is 9.06. The first kappa shape index (κ1) is 22.7. The molecule has 1 N–H and O–H groups in total. The Morgan fingerprint density at radius 1 is 1.14 bits per heavy atom. The molecule has 29 heavy (non-hydrogen) atoms. The van der Waals surface area contributed by atoms with Crippen molar-refractivity contribution in [2.24, 2.45) is 0 Å². The van der Waals surface area contributed by atoms with Gasteiger partial charge in [0.1, 0.15) is 6.54 Å². The van der Waals surface area contributed by atoms with Crippen LogP contribution in [0.2, 0.25) is 5.02 Å². The molecule has 0 fully saturated rings. The van der Waals surface area contributed by atoms with Gasteiger partial charge in [-0.3, -0.25) is 9.10 Å². The quantitative estimate of drug-likeness (QED) is 0.666. The van der Waals surface area contributed by atoms with Crippen LogP contribution in [0.4, 0.5) is 11.4 Å². The van der Waals surface area contributed by atoms with Crippen LogP contribution in [0.15, 0.2) is 42.5 Å². The molecule has 0 saturated carbocycles. The summed E-state index contributed by atoms with van der Waals surface area (Å²) in [6.45, 7) is 3.65. The Morgan fingerprint density at radius 3 is 2.28 bits per heavy atom. The highest BCUT2D eigenvalue weighted by Crippen LogP contribution is 2.23. The Labute approximate surface area is 175 Å². The standard InChI is InChI=1S/C20H23ClN2O5S/c1-13(2)14-5-8-16(9-6-14)23(29(4,26)27)12-19(24)22-15-7-10-18(21)17(11-15)20(25)28-3/h5-11,13H,12H2,1-4H3,(H,22,24). The highest BCUT2D eigenvalue weighted by atomic mass is 35.5. The third-order valence-electron chi connectivity index (χ3n) is 4.19. The van der Waals surface area contributed by atoms with Gasteiger partial charge in [-0.2, -0.15) is 0 Å². The van der Waals surface area contributed by atoms with E-state index in [0.29, 0.717) is 17.3 Å². The number of nitrogens with one attached hydrogen (secondary N) is 1. The van der Waals surface area contributed by atoms with E-state index in [0.717, 1.165) is 16.1 Å². The Bertz CT molecular complexity index is 1000. The fourth-order valence-corrected chi connectivity index (χ4v) is 3.68. The van der Waals surface area contributed by atoms with E-state index < -0.39 is 28.4 Å². The number of rotatable bonds is 7. The van der Waals surface area contributed by atoms with Gasteiger partial charge in [0, 0.05) is 5.69 Å². The lowest BCUT2D eigenvalue weighted by molar-refractivity contribution is -0.114. The van der Waals surface area contributed by atoms with Crippen molar-refractivity contribution in [3.05, 3.63) is 58.6 Å². The van der Waals surface area contributed by atoms with Crippen LogP contribution < -0.4 is 9.62 Å². The molecule has 2 aromatic carbocycles. The van der Waals surface area contributed by atoms with Crippen LogP contribution in [0.3, 0.4) is 0 Å². The van der Waals surface area contributed by atoms with Crippen LogP contribution in [-0.4, -0.2) is 40.2 Å². The SMILES string of the molecule is COC(=O)c1cc(NC(=O)CN(c2ccc(C(C)C)cc2)S(C)(=O)=O)ccc1Cl. The topological polar surface area (TPSA) is 92.8 Å². The number of hydrogen-bond acceptors (Lipinski definition) is 5. The lowest BCUT2D eigenvalue weighted by atomic mass is 10.0. The molecule has 2 aromatic rings. The van der Waals surface area contributed by atoms with Crippen molar-refractivity contribution in [2.75, 3.05) is 29.5 Å². The van der Waals surface area contributed by atoms with Gasteiger partial charge < -0.3 is 10.1 Å². The van der Waals surface area contributed by atoms with E-state index in [9.17, 15) is 18.0 Å². The maximum absolute atomic E-state index is 12.5. The number of ether oxygens (including phenoxy) is 1. The Balaban J connectivity index is 2.22. The predicted octanol–water partition coefficient (Wildman–Crippen LogP) is 3.65. The van der Waals surface area contributed by atoms with Crippen molar-refractivity contribution in [2.45, 2.75) is 19.8 Å². The molecule has 1 amide bonds. The third-order valence-corrected chi connectivity index (χ3v) is 5.66. The fraction of sp³-hybridized carbons (Fsp3) is 0.300. The van der Waals surface area contributed by atoms with Gasteiger partial charge in [0.2, 0.25) is 15.9 Å². The molecule has 0 radical (unpaired) electrons. The zero-order chi connectivity index (χ0) is 21.8. The van der Waals surface area contributed by atoms with Gasteiger partial charge in [0.15, 0.2) is 0 Å². The summed E-state index contributed by atoms with van der Waals surface area (Å²) >= 11 is 5.96. The van der Waals surface area contributed by atoms with Gasteiger partial charge in [-0.05, 0) is 41.8 Å². The van der Waals surface area contributed by atoms with Gasteiger partial charge in [-0.25, -0.2) is 13.2 Å².